The molecule has 0 atom stereocenters. The van der Waals surface area contributed by atoms with Gasteiger partial charge in [-0.3, -0.25) is 9.59 Å². The van der Waals surface area contributed by atoms with Crippen LogP contribution >= 0.6 is 0 Å². The molecule has 0 aromatic rings. The first kappa shape index (κ1) is 19.9. The minimum Gasteiger partial charge on any atom is -0.466 e. The van der Waals surface area contributed by atoms with Crippen molar-refractivity contribution in [1.29, 1.82) is 0 Å². The fourth-order valence-corrected chi connectivity index (χ4v) is 2.83. The predicted molar refractivity (Wildman–Crippen MR) is 83.9 cm³/mol. The highest BCUT2D eigenvalue weighted by Crippen LogP contribution is 2.29. The van der Waals surface area contributed by atoms with E-state index in [4.69, 9.17) is 9.47 Å². The number of ether oxygens (including phenoxy) is 2. The number of esters is 2. The molecule has 0 aliphatic heterocycles. The van der Waals surface area contributed by atoms with Crippen LogP contribution in [0.25, 0.3) is 0 Å². The molecule has 4 heteroatoms. The maximum Gasteiger partial charge on any atom is 0.306 e. The molecule has 0 fully saturated rings. The molecule has 0 rings (SSSR count). The van der Waals surface area contributed by atoms with E-state index in [1.54, 1.807) is 6.92 Å². The summed E-state index contributed by atoms with van der Waals surface area (Å²) >= 11 is 0. The zero-order valence-electron chi connectivity index (χ0n) is 14.5. The molecule has 0 aromatic heterocycles. The van der Waals surface area contributed by atoms with Crippen molar-refractivity contribution in [2.24, 2.45) is 11.8 Å². The van der Waals surface area contributed by atoms with Crippen molar-refractivity contribution in [2.75, 3.05) is 6.61 Å². The van der Waals surface area contributed by atoms with E-state index < -0.39 is 5.60 Å². The Labute approximate surface area is 129 Å². The zero-order valence-corrected chi connectivity index (χ0v) is 14.5. The molecule has 0 saturated heterocycles. The quantitative estimate of drug-likeness (QED) is 0.570. The van der Waals surface area contributed by atoms with E-state index in [9.17, 15) is 9.59 Å². The van der Waals surface area contributed by atoms with E-state index in [0.29, 0.717) is 24.9 Å². The summed E-state index contributed by atoms with van der Waals surface area (Å²) in [6.07, 6.45) is 2.74. The Morgan fingerprint density at radius 3 is 1.86 bits per heavy atom. The van der Waals surface area contributed by atoms with Gasteiger partial charge in [0.1, 0.15) is 5.60 Å². The minimum absolute atomic E-state index is 0.219. The minimum atomic E-state index is -0.413. The second-order valence-corrected chi connectivity index (χ2v) is 6.78. The molecule has 0 bridgehead atoms. The first-order valence-electron chi connectivity index (χ1n) is 8.06. The van der Waals surface area contributed by atoms with Crippen molar-refractivity contribution in [3.8, 4) is 0 Å². The summed E-state index contributed by atoms with van der Waals surface area (Å²) in [5, 5.41) is 0. The van der Waals surface area contributed by atoms with Crippen molar-refractivity contribution in [3.63, 3.8) is 0 Å². The Morgan fingerprint density at radius 2 is 1.43 bits per heavy atom. The van der Waals surface area contributed by atoms with Crippen molar-refractivity contribution < 1.29 is 19.1 Å². The molecule has 0 saturated carbocycles. The summed E-state index contributed by atoms with van der Waals surface area (Å²) in [6.45, 7) is 12.7. The van der Waals surface area contributed by atoms with Crippen molar-refractivity contribution in [3.05, 3.63) is 0 Å². The monoisotopic (exact) mass is 300 g/mol. The summed E-state index contributed by atoms with van der Waals surface area (Å²) in [5.41, 5.74) is -0.413. The first-order chi connectivity index (χ1) is 9.68. The van der Waals surface area contributed by atoms with Gasteiger partial charge in [-0.15, -0.1) is 0 Å². The Kier molecular flexibility index (Phi) is 9.31. The van der Waals surface area contributed by atoms with Crippen LogP contribution in [0.3, 0.4) is 0 Å². The standard InChI is InChI=1S/C17H32O4/c1-7-20-15(18)9-8-10-16(19)21-17(6,11-13(2)3)12-14(4)5/h13-14H,7-12H2,1-6H3. The second kappa shape index (κ2) is 9.80. The van der Waals surface area contributed by atoms with Crippen LogP contribution in [0.1, 0.15) is 73.6 Å². The maximum atomic E-state index is 12.0. The fraction of sp³-hybridized carbons (Fsp3) is 0.882. The van der Waals surface area contributed by atoms with Gasteiger partial charge in [0.2, 0.25) is 0 Å². The van der Waals surface area contributed by atoms with Gasteiger partial charge in [0.05, 0.1) is 6.61 Å². The molecule has 21 heavy (non-hydrogen) atoms. The van der Waals surface area contributed by atoms with Gasteiger partial charge < -0.3 is 9.47 Å². The molecular formula is C17H32O4. The zero-order chi connectivity index (χ0) is 16.5. The largest absolute Gasteiger partial charge is 0.466 e. The Bertz CT molecular complexity index is 311. The van der Waals surface area contributed by atoms with Gasteiger partial charge in [0.25, 0.3) is 0 Å². The van der Waals surface area contributed by atoms with E-state index in [0.717, 1.165) is 12.8 Å². The maximum absolute atomic E-state index is 12.0. The molecule has 0 heterocycles. The third-order valence-corrected chi connectivity index (χ3v) is 3.11. The molecule has 4 nitrogen and oxygen atoms in total. The topological polar surface area (TPSA) is 52.6 Å². The highest BCUT2D eigenvalue weighted by Gasteiger charge is 2.30. The van der Waals surface area contributed by atoms with Crippen LogP contribution in [-0.2, 0) is 19.1 Å². The molecule has 0 aromatic carbocycles. The highest BCUT2D eigenvalue weighted by molar-refractivity contribution is 5.72. The molecule has 0 unspecified atom stereocenters. The predicted octanol–water partition coefficient (Wildman–Crippen LogP) is 4.11. The van der Waals surface area contributed by atoms with Gasteiger partial charge in [-0.25, -0.2) is 0 Å². The highest BCUT2D eigenvalue weighted by atomic mass is 16.6. The van der Waals surface area contributed by atoms with Crippen LogP contribution < -0.4 is 0 Å². The van der Waals surface area contributed by atoms with Crippen LogP contribution in [0.15, 0.2) is 0 Å². The van der Waals surface area contributed by atoms with Gasteiger partial charge in [-0.05, 0) is 44.9 Å². The van der Waals surface area contributed by atoms with E-state index in [-0.39, 0.29) is 24.8 Å². The van der Waals surface area contributed by atoms with Gasteiger partial charge >= 0.3 is 11.9 Å². The van der Waals surface area contributed by atoms with Crippen molar-refractivity contribution in [2.45, 2.75) is 79.2 Å². The number of carbonyl (C=O) groups excluding carboxylic acids is 2. The Hall–Kier alpha value is -1.06. The molecular weight excluding hydrogens is 268 g/mol. The van der Waals surface area contributed by atoms with Gasteiger partial charge in [0.15, 0.2) is 0 Å². The molecule has 0 radical (unpaired) electrons. The average Bonchev–Trinajstić information content (AvgIpc) is 2.25. The van der Waals surface area contributed by atoms with Crippen LogP contribution in [0, 0.1) is 11.8 Å². The lowest BCUT2D eigenvalue weighted by Gasteiger charge is -2.33. The average molecular weight is 300 g/mol. The molecule has 0 N–H and O–H groups in total. The lowest BCUT2D eigenvalue weighted by atomic mass is 9.86. The third kappa shape index (κ3) is 10.3. The number of rotatable bonds is 10. The SMILES string of the molecule is CCOC(=O)CCCC(=O)OC(C)(CC(C)C)CC(C)C. The van der Waals surface area contributed by atoms with E-state index in [1.165, 1.54) is 0 Å². The summed E-state index contributed by atoms with van der Waals surface area (Å²) in [5.74, 6) is 0.475. The Balaban J connectivity index is 4.30. The number of hydrogen-bond acceptors (Lipinski definition) is 4. The summed E-state index contributed by atoms with van der Waals surface area (Å²) in [7, 11) is 0. The molecule has 124 valence electrons. The first-order valence-corrected chi connectivity index (χ1v) is 8.06. The summed E-state index contributed by atoms with van der Waals surface area (Å²) in [6, 6.07) is 0. The van der Waals surface area contributed by atoms with Gasteiger partial charge in [-0.2, -0.15) is 0 Å². The van der Waals surface area contributed by atoms with Crippen LogP contribution in [0.2, 0.25) is 0 Å². The molecule has 0 amide bonds. The molecule has 0 aliphatic rings. The normalized spacial score (nSPS) is 11.8. The lowest BCUT2D eigenvalue weighted by Crippen LogP contribution is -2.35. The number of hydrogen-bond donors (Lipinski definition) is 0. The lowest BCUT2D eigenvalue weighted by molar-refractivity contribution is -0.161. The van der Waals surface area contributed by atoms with Crippen LogP contribution in [0.4, 0.5) is 0 Å². The molecule has 0 aliphatic carbocycles. The Morgan fingerprint density at radius 1 is 0.952 bits per heavy atom. The fourth-order valence-electron chi connectivity index (χ4n) is 2.83. The van der Waals surface area contributed by atoms with Crippen molar-refractivity contribution in [1.82, 2.24) is 0 Å². The molecule has 0 spiro atoms. The van der Waals surface area contributed by atoms with Gasteiger partial charge in [0, 0.05) is 12.8 Å². The van der Waals surface area contributed by atoms with Crippen LogP contribution in [-0.4, -0.2) is 24.1 Å². The van der Waals surface area contributed by atoms with E-state index in [1.807, 2.05) is 6.92 Å². The summed E-state index contributed by atoms with van der Waals surface area (Å²) < 4.78 is 10.5. The van der Waals surface area contributed by atoms with Crippen LogP contribution in [0.5, 0.6) is 0 Å². The number of carbonyl (C=O) groups is 2. The third-order valence-electron chi connectivity index (χ3n) is 3.11. The van der Waals surface area contributed by atoms with Crippen molar-refractivity contribution >= 4 is 11.9 Å². The summed E-state index contributed by atoms with van der Waals surface area (Å²) in [4.78, 5) is 23.2. The van der Waals surface area contributed by atoms with E-state index in [2.05, 4.69) is 27.7 Å². The smallest absolute Gasteiger partial charge is 0.306 e. The second-order valence-electron chi connectivity index (χ2n) is 6.78. The van der Waals surface area contributed by atoms with E-state index >= 15 is 0 Å². The van der Waals surface area contributed by atoms with Gasteiger partial charge in [-0.1, -0.05) is 27.7 Å².